The SMILES string of the molecule is C=C(C)C(=O)O.C=C(C)C(=O)OCCCC.C=CC(=O)OCCCC. The van der Waals surface area contributed by atoms with E-state index in [4.69, 9.17) is 9.84 Å². The van der Waals surface area contributed by atoms with E-state index >= 15 is 0 Å². The van der Waals surface area contributed by atoms with Crippen molar-refractivity contribution < 1.29 is 29.0 Å². The first-order chi connectivity index (χ1) is 11.6. The van der Waals surface area contributed by atoms with Gasteiger partial charge < -0.3 is 14.6 Å². The third kappa shape index (κ3) is 26.8. The Kier molecular flexibility index (Phi) is 21.6. The van der Waals surface area contributed by atoms with Gasteiger partial charge >= 0.3 is 17.9 Å². The third-order valence-corrected chi connectivity index (χ3v) is 2.35. The van der Waals surface area contributed by atoms with Crippen LogP contribution in [0.4, 0.5) is 0 Å². The molecular formula is C19H32O6. The quantitative estimate of drug-likeness (QED) is 0.380. The van der Waals surface area contributed by atoms with Gasteiger partial charge in [0.1, 0.15) is 0 Å². The molecule has 0 amide bonds. The summed E-state index contributed by atoms with van der Waals surface area (Å²) in [6.45, 7) is 18.1. The van der Waals surface area contributed by atoms with Gasteiger partial charge in [0.15, 0.2) is 0 Å². The van der Waals surface area contributed by atoms with Crippen LogP contribution in [0.15, 0.2) is 37.0 Å². The third-order valence-electron chi connectivity index (χ3n) is 2.35. The highest BCUT2D eigenvalue weighted by Gasteiger charge is 2.00. The van der Waals surface area contributed by atoms with Crippen LogP contribution in [0.2, 0.25) is 0 Å². The molecule has 0 aromatic carbocycles. The van der Waals surface area contributed by atoms with Crippen LogP contribution >= 0.6 is 0 Å². The highest BCUT2D eigenvalue weighted by Crippen LogP contribution is 1.94. The molecular weight excluding hydrogens is 324 g/mol. The van der Waals surface area contributed by atoms with E-state index in [1.807, 2.05) is 6.92 Å². The van der Waals surface area contributed by atoms with Gasteiger partial charge in [-0.2, -0.15) is 0 Å². The molecule has 0 aliphatic heterocycles. The van der Waals surface area contributed by atoms with E-state index in [-0.39, 0.29) is 17.5 Å². The van der Waals surface area contributed by atoms with Crippen molar-refractivity contribution in [3.63, 3.8) is 0 Å². The fourth-order valence-corrected chi connectivity index (χ4v) is 0.808. The Bertz CT molecular complexity index is 425. The Balaban J connectivity index is -0.000000300. The molecule has 0 saturated carbocycles. The maximum Gasteiger partial charge on any atom is 0.333 e. The van der Waals surface area contributed by atoms with Crippen LogP contribution in [0.1, 0.15) is 53.4 Å². The number of carbonyl (C=O) groups excluding carboxylic acids is 2. The predicted octanol–water partition coefficient (Wildman–Crippen LogP) is 4.07. The summed E-state index contributed by atoms with van der Waals surface area (Å²) in [5, 5.41) is 7.89. The van der Waals surface area contributed by atoms with E-state index in [1.165, 1.54) is 13.0 Å². The number of carboxylic acid groups (broad SMARTS) is 1. The minimum atomic E-state index is -0.935. The van der Waals surface area contributed by atoms with Crippen molar-refractivity contribution in [3.05, 3.63) is 37.0 Å². The molecule has 0 aromatic rings. The first kappa shape index (κ1) is 27.5. The number of esters is 2. The van der Waals surface area contributed by atoms with Crippen molar-refractivity contribution in [3.8, 4) is 0 Å². The molecule has 0 unspecified atom stereocenters. The van der Waals surface area contributed by atoms with E-state index < -0.39 is 5.97 Å². The van der Waals surface area contributed by atoms with Crippen molar-refractivity contribution in [2.24, 2.45) is 0 Å². The number of ether oxygens (including phenoxy) is 2. The van der Waals surface area contributed by atoms with Crippen LogP contribution in [0, 0.1) is 0 Å². The molecule has 0 saturated heterocycles. The smallest absolute Gasteiger partial charge is 0.333 e. The van der Waals surface area contributed by atoms with E-state index in [2.05, 4.69) is 31.4 Å². The average Bonchev–Trinajstić information content (AvgIpc) is 2.56. The van der Waals surface area contributed by atoms with Gasteiger partial charge in [0.05, 0.1) is 13.2 Å². The zero-order valence-corrected chi connectivity index (χ0v) is 15.9. The fraction of sp³-hybridized carbons (Fsp3) is 0.526. The minimum absolute atomic E-state index is 0.176. The van der Waals surface area contributed by atoms with Crippen molar-refractivity contribution in [2.75, 3.05) is 13.2 Å². The number of hydrogen-bond donors (Lipinski definition) is 1. The summed E-state index contributed by atoms with van der Waals surface area (Å²) >= 11 is 0. The lowest BCUT2D eigenvalue weighted by molar-refractivity contribution is -0.139. The maximum atomic E-state index is 10.7. The molecule has 0 bridgehead atoms. The summed E-state index contributed by atoms with van der Waals surface area (Å²) in [5.41, 5.74) is 0.645. The predicted molar refractivity (Wildman–Crippen MR) is 99.2 cm³/mol. The highest BCUT2D eigenvalue weighted by atomic mass is 16.5. The topological polar surface area (TPSA) is 89.9 Å². The Morgan fingerprint density at radius 2 is 1.32 bits per heavy atom. The van der Waals surface area contributed by atoms with E-state index in [0.717, 1.165) is 25.7 Å². The molecule has 6 heteroatoms. The van der Waals surface area contributed by atoms with Gasteiger partial charge in [-0.15, -0.1) is 0 Å². The van der Waals surface area contributed by atoms with Crippen molar-refractivity contribution in [1.29, 1.82) is 0 Å². The van der Waals surface area contributed by atoms with Crippen LogP contribution in [0.3, 0.4) is 0 Å². The summed E-state index contributed by atoms with van der Waals surface area (Å²) in [6.07, 6.45) is 5.13. The van der Waals surface area contributed by atoms with Gasteiger partial charge in [-0.05, 0) is 26.7 Å². The number of hydrogen-bond acceptors (Lipinski definition) is 5. The summed E-state index contributed by atoms with van der Waals surface area (Å²) in [4.78, 5) is 30.6. The molecule has 144 valence electrons. The largest absolute Gasteiger partial charge is 0.478 e. The molecule has 0 rings (SSSR count). The molecule has 0 atom stereocenters. The molecule has 0 aliphatic rings. The molecule has 6 nitrogen and oxygen atoms in total. The van der Waals surface area contributed by atoms with Gasteiger partial charge in [-0.1, -0.05) is 46.4 Å². The summed E-state index contributed by atoms with van der Waals surface area (Å²) in [7, 11) is 0. The molecule has 0 fully saturated rings. The van der Waals surface area contributed by atoms with E-state index in [9.17, 15) is 14.4 Å². The van der Waals surface area contributed by atoms with Crippen molar-refractivity contribution in [2.45, 2.75) is 53.4 Å². The lowest BCUT2D eigenvalue weighted by Crippen LogP contribution is -2.05. The highest BCUT2D eigenvalue weighted by molar-refractivity contribution is 5.86. The van der Waals surface area contributed by atoms with E-state index in [1.54, 1.807) is 6.92 Å². The minimum Gasteiger partial charge on any atom is -0.478 e. The van der Waals surface area contributed by atoms with Gasteiger partial charge in [0, 0.05) is 17.2 Å². The molecule has 25 heavy (non-hydrogen) atoms. The summed E-state index contributed by atoms with van der Waals surface area (Å²) < 4.78 is 9.48. The monoisotopic (exact) mass is 356 g/mol. The lowest BCUT2D eigenvalue weighted by atomic mass is 10.3. The molecule has 0 heterocycles. The van der Waals surface area contributed by atoms with Gasteiger partial charge in [-0.25, -0.2) is 14.4 Å². The Morgan fingerprint density at radius 3 is 1.60 bits per heavy atom. The normalized spacial score (nSPS) is 8.48. The van der Waals surface area contributed by atoms with Crippen LogP contribution in [0.25, 0.3) is 0 Å². The maximum absolute atomic E-state index is 10.7. The van der Waals surface area contributed by atoms with Crippen molar-refractivity contribution >= 4 is 17.9 Å². The summed E-state index contributed by atoms with van der Waals surface area (Å²) in [5.74, 6) is -1.55. The Morgan fingerprint density at radius 1 is 0.920 bits per heavy atom. The molecule has 0 aliphatic carbocycles. The van der Waals surface area contributed by atoms with Crippen LogP contribution in [-0.4, -0.2) is 36.2 Å². The number of carbonyl (C=O) groups is 3. The lowest BCUT2D eigenvalue weighted by Gasteiger charge is -2.01. The first-order valence-electron chi connectivity index (χ1n) is 8.14. The molecule has 1 N–H and O–H groups in total. The molecule has 0 spiro atoms. The number of aliphatic carboxylic acids is 1. The first-order valence-corrected chi connectivity index (χ1v) is 8.14. The second kappa shape index (κ2) is 19.7. The number of rotatable bonds is 9. The average molecular weight is 356 g/mol. The number of unbranched alkanes of at least 4 members (excludes halogenated alkanes) is 2. The Hall–Kier alpha value is -2.37. The zero-order chi connectivity index (χ0) is 20.3. The number of carboxylic acids is 1. The van der Waals surface area contributed by atoms with Crippen LogP contribution in [-0.2, 0) is 23.9 Å². The fourth-order valence-electron chi connectivity index (χ4n) is 0.808. The van der Waals surface area contributed by atoms with Crippen LogP contribution < -0.4 is 0 Å². The Labute approximate surface area is 151 Å². The van der Waals surface area contributed by atoms with Crippen LogP contribution in [0.5, 0.6) is 0 Å². The standard InChI is InChI=1S/C8H14O2.C7H12O2.C4H6O2/c1-4-5-6-10-8(9)7(2)3;1-3-5-6-9-7(8)4-2;1-3(2)4(5)6/h2,4-6H2,1,3H3;4H,2-3,5-6H2,1H3;1H2,2H3,(H,5,6). The van der Waals surface area contributed by atoms with Crippen molar-refractivity contribution in [1.82, 2.24) is 0 Å². The zero-order valence-electron chi connectivity index (χ0n) is 15.9. The second-order valence-electron chi connectivity index (χ2n) is 5.08. The van der Waals surface area contributed by atoms with E-state index in [0.29, 0.717) is 18.8 Å². The molecule has 0 aromatic heterocycles. The molecule has 0 radical (unpaired) electrons. The summed E-state index contributed by atoms with van der Waals surface area (Å²) in [6, 6.07) is 0. The van der Waals surface area contributed by atoms with Gasteiger partial charge in [0.2, 0.25) is 0 Å². The second-order valence-corrected chi connectivity index (χ2v) is 5.08. The van der Waals surface area contributed by atoms with Gasteiger partial charge in [-0.3, -0.25) is 0 Å². The van der Waals surface area contributed by atoms with Gasteiger partial charge in [0.25, 0.3) is 0 Å².